The summed E-state index contributed by atoms with van der Waals surface area (Å²) in [6.45, 7) is 0.547. The summed E-state index contributed by atoms with van der Waals surface area (Å²) in [6.07, 6.45) is 1.67. The molecule has 0 aliphatic carbocycles. The average molecular weight is 284 g/mol. The molecule has 0 saturated carbocycles. The standard InChI is InChI=1S/C10H10BrN3S/c11-10-4-3-9(15-10)7(6-12)8-2-1-5-13-14-8/h1-5,7H,6,12H2. The molecule has 0 bridgehead atoms. The SMILES string of the molecule is NCC(c1cccnn1)c1ccc(Br)s1. The predicted octanol–water partition coefficient (Wildman–Crippen LogP) is 2.39. The summed E-state index contributed by atoms with van der Waals surface area (Å²) < 4.78 is 1.11. The quantitative estimate of drug-likeness (QED) is 0.941. The lowest BCUT2D eigenvalue weighted by Crippen LogP contribution is -2.14. The molecule has 0 aliphatic heterocycles. The number of halogens is 1. The van der Waals surface area contributed by atoms with Crippen LogP contribution in [-0.2, 0) is 0 Å². The van der Waals surface area contributed by atoms with Crippen molar-refractivity contribution in [1.82, 2.24) is 10.2 Å². The van der Waals surface area contributed by atoms with Crippen molar-refractivity contribution in [2.45, 2.75) is 5.92 Å². The molecule has 2 aromatic rings. The Morgan fingerprint density at radius 1 is 1.40 bits per heavy atom. The van der Waals surface area contributed by atoms with Crippen molar-refractivity contribution in [2.75, 3.05) is 6.54 Å². The number of hydrogen-bond donors (Lipinski definition) is 1. The Bertz CT molecular complexity index is 429. The summed E-state index contributed by atoms with van der Waals surface area (Å²) in [6, 6.07) is 7.94. The molecule has 1 unspecified atom stereocenters. The summed E-state index contributed by atoms with van der Waals surface area (Å²) in [5.74, 6) is 0.148. The highest BCUT2D eigenvalue weighted by Gasteiger charge is 2.15. The fraction of sp³-hybridized carbons (Fsp3) is 0.200. The van der Waals surface area contributed by atoms with Crippen LogP contribution in [0.25, 0.3) is 0 Å². The summed E-state index contributed by atoms with van der Waals surface area (Å²) in [7, 11) is 0. The molecule has 0 aliphatic rings. The lowest BCUT2D eigenvalue weighted by Gasteiger charge is -2.10. The van der Waals surface area contributed by atoms with Gasteiger partial charge >= 0.3 is 0 Å². The van der Waals surface area contributed by atoms with Crippen molar-refractivity contribution >= 4 is 27.3 Å². The topological polar surface area (TPSA) is 51.8 Å². The zero-order valence-electron chi connectivity index (χ0n) is 7.93. The van der Waals surface area contributed by atoms with E-state index in [2.05, 4.69) is 32.2 Å². The van der Waals surface area contributed by atoms with Gasteiger partial charge in [-0.05, 0) is 40.2 Å². The number of nitrogens with zero attached hydrogens (tertiary/aromatic N) is 2. The van der Waals surface area contributed by atoms with Crippen molar-refractivity contribution in [2.24, 2.45) is 5.73 Å². The second-order valence-corrected chi connectivity index (χ2v) is 5.57. The highest BCUT2D eigenvalue weighted by atomic mass is 79.9. The first kappa shape index (κ1) is 10.7. The van der Waals surface area contributed by atoms with Crippen LogP contribution in [0.15, 0.2) is 34.2 Å². The van der Waals surface area contributed by atoms with Crippen LogP contribution in [0.3, 0.4) is 0 Å². The van der Waals surface area contributed by atoms with Gasteiger partial charge in [0.2, 0.25) is 0 Å². The lowest BCUT2D eigenvalue weighted by molar-refractivity contribution is 0.772. The van der Waals surface area contributed by atoms with Gasteiger partial charge in [0.05, 0.1) is 9.48 Å². The molecule has 2 N–H and O–H groups in total. The maximum absolute atomic E-state index is 5.77. The molecule has 3 nitrogen and oxygen atoms in total. The van der Waals surface area contributed by atoms with E-state index in [1.165, 1.54) is 4.88 Å². The minimum absolute atomic E-state index is 0.148. The highest BCUT2D eigenvalue weighted by molar-refractivity contribution is 9.11. The molecule has 1 atom stereocenters. The Morgan fingerprint density at radius 2 is 2.27 bits per heavy atom. The van der Waals surface area contributed by atoms with E-state index in [-0.39, 0.29) is 5.92 Å². The Hall–Kier alpha value is -0.780. The largest absolute Gasteiger partial charge is 0.329 e. The van der Waals surface area contributed by atoms with E-state index in [0.717, 1.165) is 9.48 Å². The molecule has 78 valence electrons. The smallest absolute Gasteiger partial charge is 0.0726 e. The van der Waals surface area contributed by atoms with Crippen molar-refractivity contribution in [3.8, 4) is 0 Å². The van der Waals surface area contributed by atoms with Gasteiger partial charge in [0.15, 0.2) is 0 Å². The van der Waals surface area contributed by atoms with Crippen LogP contribution in [0.2, 0.25) is 0 Å². The zero-order chi connectivity index (χ0) is 10.7. The van der Waals surface area contributed by atoms with Gasteiger partial charge in [0, 0.05) is 23.5 Å². The Balaban J connectivity index is 2.33. The summed E-state index contributed by atoms with van der Waals surface area (Å²) >= 11 is 5.13. The van der Waals surface area contributed by atoms with Crippen molar-refractivity contribution in [1.29, 1.82) is 0 Å². The summed E-state index contributed by atoms with van der Waals surface area (Å²) in [4.78, 5) is 1.21. The number of nitrogens with two attached hydrogens (primary N) is 1. The third-order valence-electron chi connectivity index (χ3n) is 2.12. The molecular weight excluding hydrogens is 274 g/mol. The van der Waals surface area contributed by atoms with E-state index >= 15 is 0 Å². The Labute approximate surface area is 100 Å². The summed E-state index contributed by atoms with van der Waals surface area (Å²) in [5.41, 5.74) is 6.69. The first-order valence-corrected chi connectivity index (χ1v) is 6.15. The van der Waals surface area contributed by atoms with Gasteiger partial charge in [-0.1, -0.05) is 0 Å². The van der Waals surface area contributed by atoms with Gasteiger partial charge in [0.25, 0.3) is 0 Å². The molecule has 0 saturated heterocycles. The number of aromatic nitrogens is 2. The van der Waals surface area contributed by atoms with Gasteiger partial charge in [-0.3, -0.25) is 0 Å². The third kappa shape index (κ3) is 2.42. The van der Waals surface area contributed by atoms with E-state index in [0.29, 0.717) is 6.54 Å². The molecular formula is C10H10BrN3S. The van der Waals surface area contributed by atoms with Crippen LogP contribution < -0.4 is 5.73 Å². The molecule has 0 radical (unpaired) electrons. The monoisotopic (exact) mass is 283 g/mol. The van der Waals surface area contributed by atoms with Crippen LogP contribution in [0, 0.1) is 0 Å². The Morgan fingerprint density at radius 3 is 2.80 bits per heavy atom. The fourth-order valence-corrected chi connectivity index (χ4v) is 2.95. The molecule has 2 aromatic heterocycles. The van der Waals surface area contributed by atoms with Crippen molar-refractivity contribution < 1.29 is 0 Å². The van der Waals surface area contributed by atoms with Crippen LogP contribution in [0.5, 0.6) is 0 Å². The Kier molecular flexibility index (Phi) is 3.45. The van der Waals surface area contributed by atoms with Gasteiger partial charge in [0.1, 0.15) is 0 Å². The van der Waals surface area contributed by atoms with E-state index in [9.17, 15) is 0 Å². The second-order valence-electron chi connectivity index (χ2n) is 3.08. The minimum atomic E-state index is 0.148. The van der Waals surface area contributed by atoms with Gasteiger partial charge in [-0.2, -0.15) is 10.2 Å². The first-order chi connectivity index (χ1) is 7.31. The van der Waals surface area contributed by atoms with Crippen LogP contribution in [-0.4, -0.2) is 16.7 Å². The molecule has 0 fully saturated rings. The molecule has 0 amide bonds. The fourth-order valence-electron chi connectivity index (χ4n) is 1.40. The molecule has 0 aromatic carbocycles. The van der Waals surface area contributed by atoms with Crippen LogP contribution in [0.4, 0.5) is 0 Å². The van der Waals surface area contributed by atoms with E-state index in [1.807, 2.05) is 18.2 Å². The zero-order valence-corrected chi connectivity index (χ0v) is 10.3. The van der Waals surface area contributed by atoms with Gasteiger partial charge in [-0.25, -0.2) is 0 Å². The van der Waals surface area contributed by atoms with Crippen LogP contribution in [0.1, 0.15) is 16.5 Å². The molecule has 2 rings (SSSR count). The molecule has 0 spiro atoms. The van der Waals surface area contributed by atoms with E-state index in [1.54, 1.807) is 17.5 Å². The van der Waals surface area contributed by atoms with Gasteiger partial charge < -0.3 is 5.73 Å². The molecule has 5 heteroatoms. The normalized spacial score (nSPS) is 12.7. The van der Waals surface area contributed by atoms with Crippen molar-refractivity contribution in [3.05, 3.63) is 44.8 Å². The maximum Gasteiger partial charge on any atom is 0.0726 e. The number of thiophene rings is 1. The molecule has 15 heavy (non-hydrogen) atoms. The lowest BCUT2D eigenvalue weighted by atomic mass is 10.0. The third-order valence-corrected chi connectivity index (χ3v) is 3.86. The maximum atomic E-state index is 5.77. The molecule has 2 heterocycles. The first-order valence-electron chi connectivity index (χ1n) is 4.54. The van der Waals surface area contributed by atoms with E-state index in [4.69, 9.17) is 5.73 Å². The summed E-state index contributed by atoms with van der Waals surface area (Å²) in [5, 5.41) is 7.97. The average Bonchev–Trinajstić information content (AvgIpc) is 2.68. The van der Waals surface area contributed by atoms with Crippen LogP contribution >= 0.6 is 27.3 Å². The predicted molar refractivity (Wildman–Crippen MR) is 64.9 cm³/mol. The highest BCUT2D eigenvalue weighted by Crippen LogP contribution is 2.31. The van der Waals surface area contributed by atoms with Gasteiger partial charge in [-0.15, -0.1) is 11.3 Å². The van der Waals surface area contributed by atoms with Crippen molar-refractivity contribution in [3.63, 3.8) is 0 Å². The number of hydrogen-bond acceptors (Lipinski definition) is 4. The second kappa shape index (κ2) is 4.83. The minimum Gasteiger partial charge on any atom is -0.329 e. The van der Waals surface area contributed by atoms with E-state index < -0.39 is 0 Å². The number of rotatable bonds is 3.